The Kier molecular flexibility index (Phi) is 12.9. The van der Waals surface area contributed by atoms with Crippen molar-refractivity contribution in [2.75, 3.05) is 23.2 Å². The van der Waals surface area contributed by atoms with Crippen LogP contribution in [0.2, 0.25) is 0 Å². The Hall–Kier alpha value is -2.17. The van der Waals surface area contributed by atoms with Crippen LogP contribution in [-0.4, -0.2) is 23.3 Å². The van der Waals surface area contributed by atoms with Crippen LogP contribution in [0.1, 0.15) is 33.3 Å². The van der Waals surface area contributed by atoms with Crippen LogP contribution in [0.3, 0.4) is 0 Å². The van der Waals surface area contributed by atoms with E-state index in [1.807, 2.05) is 27.7 Å². The van der Waals surface area contributed by atoms with Crippen molar-refractivity contribution in [1.82, 2.24) is 4.98 Å². The van der Waals surface area contributed by atoms with Gasteiger partial charge in [0.25, 0.3) is 0 Å². The standard InChI is InChI=1S/C14H14BrClF2N6O.2C2H6/c15-7-5-8(13(19)22-6-7)14(23-20)24(21)9-1-2-10(25-4-3-16)12(18)11(9)17;2*1-2/h1-2,5-6H,3-4,20-21H2,(H2,19,22);2*1-2H3/b23-14-;;. The first kappa shape index (κ1) is 26.8. The highest BCUT2D eigenvalue weighted by molar-refractivity contribution is 9.10. The molecule has 0 aliphatic carbocycles. The third-order valence-electron chi connectivity index (χ3n) is 3.10. The fourth-order valence-corrected chi connectivity index (χ4v) is 2.38. The molecule has 1 heterocycles. The summed E-state index contributed by atoms with van der Waals surface area (Å²) in [7, 11) is 0. The number of anilines is 2. The average Bonchev–Trinajstić information content (AvgIpc) is 2.75. The summed E-state index contributed by atoms with van der Waals surface area (Å²) in [4.78, 5) is 3.92. The second-order valence-corrected chi connectivity index (χ2v) is 5.95. The van der Waals surface area contributed by atoms with Gasteiger partial charge < -0.3 is 16.3 Å². The van der Waals surface area contributed by atoms with Crippen molar-refractivity contribution in [3.8, 4) is 5.75 Å². The molecule has 0 saturated heterocycles. The van der Waals surface area contributed by atoms with Crippen LogP contribution in [-0.2, 0) is 0 Å². The van der Waals surface area contributed by atoms with Gasteiger partial charge in [0.05, 0.1) is 17.1 Å². The van der Waals surface area contributed by atoms with E-state index in [2.05, 4.69) is 26.0 Å². The first-order valence-electron chi connectivity index (χ1n) is 8.81. The number of hydrogen-bond donors (Lipinski definition) is 3. The average molecular weight is 496 g/mol. The van der Waals surface area contributed by atoms with E-state index in [0.29, 0.717) is 4.47 Å². The number of nitrogen functional groups attached to an aromatic ring is 1. The Bertz CT molecular complexity index is 810. The minimum Gasteiger partial charge on any atom is -0.489 e. The molecule has 0 unspecified atom stereocenters. The monoisotopic (exact) mass is 494 g/mol. The van der Waals surface area contributed by atoms with Gasteiger partial charge in [-0.05, 0) is 34.1 Å². The zero-order valence-corrected chi connectivity index (χ0v) is 19.1. The first-order chi connectivity index (χ1) is 13.9. The van der Waals surface area contributed by atoms with Crippen LogP contribution in [0.5, 0.6) is 5.75 Å². The fourth-order valence-electron chi connectivity index (χ4n) is 1.97. The molecule has 2 aromatic rings. The summed E-state index contributed by atoms with van der Waals surface area (Å²) in [5, 5.41) is 4.29. The zero-order valence-electron chi connectivity index (χ0n) is 16.7. The number of pyridine rings is 1. The zero-order chi connectivity index (χ0) is 22.6. The molecule has 0 aliphatic heterocycles. The summed E-state index contributed by atoms with van der Waals surface area (Å²) in [5.41, 5.74) is 5.70. The third kappa shape index (κ3) is 6.98. The molecule has 0 radical (unpaired) electrons. The predicted octanol–water partition coefficient (Wildman–Crippen LogP) is 4.38. The van der Waals surface area contributed by atoms with E-state index in [1.54, 1.807) is 6.07 Å². The molecular formula is C18H26BrClF2N6O. The lowest BCUT2D eigenvalue weighted by molar-refractivity contribution is 0.316. The molecule has 0 bridgehead atoms. The molecule has 0 saturated carbocycles. The first-order valence-corrected chi connectivity index (χ1v) is 10.1. The highest BCUT2D eigenvalue weighted by Crippen LogP contribution is 2.29. The summed E-state index contributed by atoms with van der Waals surface area (Å²) in [5.74, 6) is 8.57. The molecule has 0 atom stereocenters. The molecule has 2 rings (SSSR count). The number of hydrazine groups is 1. The molecule has 0 fully saturated rings. The number of halogens is 4. The molecule has 29 heavy (non-hydrogen) atoms. The van der Waals surface area contributed by atoms with Gasteiger partial charge in [0, 0.05) is 10.7 Å². The smallest absolute Gasteiger partial charge is 0.202 e. The van der Waals surface area contributed by atoms with Crippen molar-refractivity contribution in [3.63, 3.8) is 0 Å². The Balaban J connectivity index is 0.00000184. The maximum Gasteiger partial charge on any atom is 0.202 e. The Morgan fingerprint density at radius 1 is 1.24 bits per heavy atom. The second-order valence-electron chi connectivity index (χ2n) is 4.66. The van der Waals surface area contributed by atoms with Crippen LogP contribution in [0.4, 0.5) is 20.3 Å². The van der Waals surface area contributed by atoms with Gasteiger partial charge >= 0.3 is 0 Å². The van der Waals surface area contributed by atoms with Crippen LogP contribution in [0, 0.1) is 11.6 Å². The van der Waals surface area contributed by atoms with Crippen molar-refractivity contribution in [2.24, 2.45) is 16.8 Å². The predicted molar refractivity (Wildman–Crippen MR) is 119 cm³/mol. The van der Waals surface area contributed by atoms with Gasteiger partial charge in [-0.3, -0.25) is 5.01 Å². The summed E-state index contributed by atoms with van der Waals surface area (Å²) in [6, 6.07) is 3.98. The highest BCUT2D eigenvalue weighted by Gasteiger charge is 2.23. The minimum absolute atomic E-state index is 0.0271. The van der Waals surface area contributed by atoms with E-state index in [-0.39, 0.29) is 41.1 Å². The van der Waals surface area contributed by atoms with Gasteiger partial charge in [0.1, 0.15) is 12.4 Å². The lowest BCUT2D eigenvalue weighted by atomic mass is 10.2. The molecule has 1 aromatic heterocycles. The van der Waals surface area contributed by atoms with Crippen LogP contribution >= 0.6 is 27.5 Å². The number of benzene rings is 1. The summed E-state index contributed by atoms with van der Waals surface area (Å²) in [6.07, 6.45) is 1.46. The number of amidine groups is 1. The molecule has 11 heteroatoms. The molecule has 0 spiro atoms. The Morgan fingerprint density at radius 3 is 2.41 bits per heavy atom. The Morgan fingerprint density at radius 2 is 1.86 bits per heavy atom. The van der Waals surface area contributed by atoms with E-state index in [9.17, 15) is 8.78 Å². The van der Waals surface area contributed by atoms with E-state index < -0.39 is 11.6 Å². The normalized spacial score (nSPS) is 10.3. The van der Waals surface area contributed by atoms with Gasteiger partial charge in [0.15, 0.2) is 17.4 Å². The third-order valence-corrected chi connectivity index (χ3v) is 3.69. The van der Waals surface area contributed by atoms with Crippen molar-refractivity contribution in [1.29, 1.82) is 0 Å². The SMILES string of the molecule is CC.CC.N/N=C(/c1cc(Br)cnc1N)N(N)c1ccc(OCCCl)c(F)c1F. The van der Waals surface area contributed by atoms with Gasteiger partial charge in [-0.25, -0.2) is 15.2 Å². The number of nitrogens with zero attached hydrogens (tertiary/aromatic N) is 3. The number of rotatable bonds is 5. The van der Waals surface area contributed by atoms with E-state index in [1.165, 1.54) is 18.3 Å². The van der Waals surface area contributed by atoms with E-state index in [0.717, 1.165) is 5.01 Å². The number of hydrogen-bond acceptors (Lipinski definition) is 6. The molecule has 7 nitrogen and oxygen atoms in total. The molecule has 6 N–H and O–H groups in total. The number of ether oxygens (including phenoxy) is 1. The van der Waals surface area contributed by atoms with Gasteiger partial charge in [-0.15, -0.1) is 11.6 Å². The fraction of sp³-hybridized carbons (Fsp3) is 0.333. The maximum absolute atomic E-state index is 14.4. The summed E-state index contributed by atoms with van der Waals surface area (Å²) < 4.78 is 34.1. The van der Waals surface area contributed by atoms with Crippen LogP contribution in [0.25, 0.3) is 0 Å². The topological polar surface area (TPSA) is 116 Å². The van der Waals surface area contributed by atoms with Crippen molar-refractivity contribution >= 4 is 44.9 Å². The second kappa shape index (κ2) is 13.9. The lowest BCUT2D eigenvalue weighted by Crippen LogP contribution is -2.40. The Labute approximate surface area is 183 Å². The van der Waals surface area contributed by atoms with Gasteiger partial charge in [0.2, 0.25) is 5.82 Å². The van der Waals surface area contributed by atoms with Crippen molar-refractivity contribution < 1.29 is 13.5 Å². The van der Waals surface area contributed by atoms with Gasteiger partial charge in [-0.2, -0.15) is 9.49 Å². The van der Waals surface area contributed by atoms with Gasteiger partial charge in [-0.1, -0.05) is 27.7 Å². The quantitative estimate of drug-likeness (QED) is 0.186. The largest absolute Gasteiger partial charge is 0.489 e. The highest BCUT2D eigenvalue weighted by atomic mass is 79.9. The van der Waals surface area contributed by atoms with Crippen molar-refractivity contribution in [3.05, 3.63) is 46.1 Å². The van der Waals surface area contributed by atoms with E-state index in [4.69, 9.17) is 33.8 Å². The molecule has 162 valence electrons. The number of alkyl halides is 1. The molecule has 0 amide bonds. The van der Waals surface area contributed by atoms with E-state index >= 15 is 0 Å². The summed E-state index contributed by atoms with van der Waals surface area (Å²) in [6.45, 7) is 8.03. The lowest BCUT2D eigenvalue weighted by Gasteiger charge is -2.22. The van der Waals surface area contributed by atoms with Crippen molar-refractivity contribution in [2.45, 2.75) is 27.7 Å². The summed E-state index contributed by atoms with van der Waals surface area (Å²) >= 11 is 8.68. The maximum atomic E-state index is 14.4. The van der Waals surface area contributed by atoms with Crippen LogP contribution < -0.4 is 27.2 Å². The number of nitrogens with two attached hydrogens (primary N) is 3. The molecule has 1 aromatic carbocycles. The molecular weight excluding hydrogens is 470 g/mol. The number of hydrazone groups is 1. The minimum atomic E-state index is -1.24. The number of aromatic nitrogens is 1. The van der Waals surface area contributed by atoms with Crippen LogP contribution in [0.15, 0.2) is 34.0 Å². The molecule has 0 aliphatic rings.